The molecule has 8 nitrogen and oxygen atoms in total. The SMILES string of the molecule is Cc1cc[n+](-c2c3nc(c(-c4ccncc4)c4ccc([nH]4)c(-[n+]4ccc(C)cc4)c4nc(c(-c5ccncc5)c5ccc2[nH]5)C=C4)C=C3)cc1. The Bertz CT molecular complexity index is 2450. The second-order valence-electron chi connectivity index (χ2n) is 12.5. The Balaban J connectivity index is 1.47. The van der Waals surface area contributed by atoms with Gasteiger partial charge in [-0.1, -0.05) is 0 Å². The molecule has 7 aromatic heterocycles. The molecule has 0 amide bonds. The highest BCUT2D eigenvalue weighted by Gasteiger charge is 2.23. The van der Waals surface area contributed by atoms with E-state index in [-0.39, 0.29) is 0 Å². The van der Waals surface area contributed by atoms with Crippen LogP contribution in [-0.4, -0.2) is 29.9 Å². The van der Waals surface area contributed by atoms with E-state index < -0.39 is 0 Å². The Morgan fingerprint density at radius 1 is 0.420 bits per heavy atom. The van der Waals surface area contributed by atoms with Gasteiger partial charge in [0.05, 0.1) is 11.4 Å². The standard InChI is InChI=1S/C42H32N8/c1-27-15-23-49(24-16-27)41-35-7-3-31(45-35)39(29-11-19-43-20-12-29)33-5-9-37(47-33)42(50-25-17-28(2)18-26-50)38-10-6-34(48-38)40(30-13-21-44-22-14-30)32-4-8-36(41)46-32/h3-26,45,48H,1-2H3/q+2. The van der Waals surface area contributed by atoms with E-state index in [4.69, 9.17) is 9.97 Å². The van der Waals surface area contributed by atoms with Gasteiger partial charge in [0, 0.05) is 71.2 Å². The zero-order valence-electron chi connectivity index (χ0n) is 27.5. The zero-order chi connectivity index (χ0) is 33.6. The molecule has 0 spiro atoms. The molecular weight excluding hydrogens is 617 g/mol. The average molecular weight is 649 g/mol. The van der Waals surface area contributed by atoms with Crippen LogP contribution in [0.1, 0.15) is 33.9 Å². The molecule has 8 bridgehead atoms. The van der Waals surface area contributed by atoms with E-state index in [1.807, 2.05) is 49.1 Å². The van der Waals surface area contributed by atoms with Crippen LogP contribution in [0.5, 0.6) is 0 Å². The lowest BCUT2D eigenvalue weighted by Crippen LogP contribution is -2.30. The van der Waals surface area contributed by atoms with Gasteiger partial charge in [-0.25, -0.2) is 9.97 Å². The number of rotatable bonds is 4. The number of aromatic nitrogens is 8. The summed E-state index contributed by atoms with van der Waals surface area (Å²) in [6.45, 7) is 4.19. The number of hydrogen-bond donors (Lipinski definition) is 2. The smallest absolute Gasteiger partial charge is 0.260 e. The van der Waals surface area contributed by atoms with Gasteiger partial charge in [0.1, 0.15) is 22.4 Å². The van der Waals surface area contributed by atoms with Crippen molar-refractivity contribution in [2.45, 2.75) is 13.8 Å². The second kappa shape index (κ2) is 12.0. The summed E-state index contributed by atoms with van der Waals surface area (Å²) in [7, 11) is 0. The Kier molecular flexibility index (Phi) is 7.05. The highest BCUT2D eigenvalue weighted by atomic mass is 15.0. The molecule has 0 atom stereocenters. The van der Waals surface area contributed by atoms with Gasteiger partial charge in [0.25, 0.3) is 11.4 Å². The Labute approximate surface area is 288 Å². The summed E-state index contributed by atoms with van der Waals surface area (Å²) < 4.78 is 4.25. The number of nitrogens with zero attached hydrogens (tertiary/aromatic N) is 6. The van der Waals surface area contributed by atoms with Crippen LogP contribution >= 0.6 is 0 Å². The lowest BCUT2D eigenvalue weighted by Gasteiger charge is -2.04. The van der Waals surface area contributed by atoms with Gasteiger partial charge in [-0.15, -0.1) is 0 Å². The molecule has 0 saturated carbocycles. The van der Waals surface area contributed by atoms with E-state index in [1.54, 1.807) is 0 Å². The van der Waals surface area contributed by atoms with Gasteiger partial charge in [-0.05, 0) is 109 Å². The van der Waals surface area contributed by atoms with Crippen molar-refractivity contribution in [3.05, 3.63) is 156 Å². The van der Waals surface area contributed by atoms with E-state index in [1.165, 1.54) is 11.1 Å². The second-order valence-corrected chi connectivity index (χ2v) is 12.5. The molecular formula is C42H32N8+2. The summed E-state index contributed by atoms with van der Waals surface area (Å²) in [5, 5.41) is 0. The fourth-order valence-electron chi connectivity index (χ4n) is 6.66. The molecule has 238 valence electrons. The highest BCUT2D eigenvalue weighted by Crippen LogP contribution is 2.34. The number of hydrogen-bond acceptors (Lipinski definition) is 4. The molecule has 0 unspecified atom stereocenters. The molecule has 0 saturated heterocycles. The molecule has 0 aromatic carbocycles. The van der Waals surface area contributed by atoms with Crippen molar-refractivity contribution in [2.75, 3.05) is 0 Å². The molecule has 0 fully saturated rings. The lowest BCUT2D eigenvalue weighted by molar-refractivity contribution is -0.594. The average Bonchev–Trinajstić information content (AvgIpc) is 3.98. The van der Waals surface area contributed by atoms with Crippen LogP contribution in [0.25, 0.3) is 80.0 Å². The minimum atomic E-state index is 0.842. The predicted molar refractivity (Wildman–Crippen MR) is 198 cm³/mol. The Morgan fingerprint density at radius 2 is 0.780 bits per heavy atom. The summed E-state index contributed by atoms with van der Waals surface area (Å²) in [5.74, 6) is 0. The largest absolute Gasteiger partial charge is 0.349 e. The first kappa shape index (κ1) is 29.3. The molecule has 9 rings (SSSR count). The third kappa shape index (κ3) is 5.20. The number of pyridine rings is 4. The van der Waals surface area contributed by atoms with Gasteiger partial charge < -0.3 is 9.97 Å². The van der Waals surface area contributed by atoms with E-state index in [0.29, 0.717) is 0 Å². The van der Waals surface area contributed by atoms with Crippen molar-refractivity contribution < 1.29 is 9.13 Å². The first-order chi connectivity index (χ1) is 24.6. The molecule has 2 aliphatic heterocycles. The molecule has 0 aliphatic carbocycles. The number of nitrogens with one attached hydrogen (secondary N) is 2. The maximum Gasteiger partial charge on any atom is 0.260 e. The minimum absolute atomic E-state index is 0.842. The highest BCUT2D eigenvalue weighted by molar-refractivity contribution is 5.95. The summed E-state index contributed by atoms with van der Waals surface area (Å²) >= 11 is 0. The van der Waals surface area contributed by atoms with Crippen molar-refractivity contribution >= 4 is 46.4 Å². The number of fused-ring (bicyclic) bond motifs is 8. The first-order valence-electron chi connectivity index (χ1n) is 16.5. The molecule has 9 heterocycles. The summed E-state index contributed by atoms with van der Waals surface area (Å²) in [6.07, 6.45) is 24.0. The monoisotopic (exact) mass is 648 g/mol. The maximum atomic E-state index is 5.33. The third-order valence-electron chi connectivity index (χ3n) is 9.14. The Hall–Kier alpha value is -6.80. The quantitative estimate of drug-likeness (QED) is 0.190. The molecule has 8 heteroatoms. The zero-order valence-corrected chi connectivity index (χ0v) is 27.5. The van der Waals surface area contributed by atoms with E-state index in [9.17, 15) is 0 Å². The lowest BCUT2D eigenvalue weighted by atomic mass is 10.1. The van der Waals surface area contributed by atoms with Gasteiger partial charge >= 0.3 is 0 Å². The first-order valence-corrected chi connectivity index (χ1v) is 16.5. The van der Waals surface area contributed by atoms with Crippen LogP contribution in [0.15, 0.2) is 122 Å². The van der Waals surface area contributed by atoms with Crippen molar-refractivity contribution in [1.82, 2.24) is 29.9 Å². The van der Waals surface area contributed by atoms with Crippen LogP contribution < -0.4 is 9.13 Å². The van der Waals surface area contributed by atoms with Crippen molar-refractivity contribution in [3.63, 3.8) is 0 Å². The number of aryl methyl sites for hydroxylation is 2. The van der Waals surface area contributed by atoms with Gasteiger partial charge in [-0.2, -0.15) is 9.13 Å². The minimum Gasteiger partial charge on any atom is -0.349 e. The van der Waals surface area contributed by atoms with E-state index >= 15 is 0 Å². The molecule has 2 aliphatic rings. The summed E-state index contributed by atoms with van der Waals surface area (Å²) in [5.41, 5.74) is 15.4. The normalized spacial score (nSPS) is 12.0. The summed E-state index contributed by atoms with van der Waals surface area (Å²) in [6, 6.07) is 25.1. The van der Waals surface area contributed by atoms with Crippen LogP contribution in [0.3, 0.4) is 0 Å². The van der Waals surface area contributed by atoms with Crippen molar-refractivity contribution in [3.8, 4) is 33.6 Å². The third-order valence-corrected chi connectivity index (χ3v) is 9.14. The maximum absolute atomic E-state index is 5.33. The topological polar surface area (TPSA) is 90.9 Å². The van der Waals surface area contributed by atoms with Crippen molar-refractivity contribution in [1.29, 1.82) is 0 Å². The van der Waals surface area contributed by atoms with Crippen LogP contribution in [-0.2, 0) is 0 Å². The van der Waals surface area contributed by atoms with Crippen molar-refractivity contribution in [2.24, 2.45) is 0 Å². The fraction of sp³-hybridized carbons (Fsp3) is 0.0476. The molecule has 7 aromatic rings. The fourth-order valence-corrected chi connectivity index (χ4v) is 6.66. The molecule has 0 radical (unpaired) electrons. The number of H-pyrrole nitrogens is 2. The van der Waals surface area contributed by atoms with Gasteiger partial charge in [0.15, 0.2) is 24.8 Å². The molecule has 2 N–H and O–H groups in total. The van der Waals surface area contributed by atoms with Crippen LogP contribution in [0.4, 0.5) is 0 Å². The Morgan fingerprint density at radius 3 is 1.18 bits per heavy atom. The van der Waals surface area contributed by atoms with Gasteiger partial charge in [-0.3, -0.25) is 9.97 Å². The van der Waals surface area contributed by atoms with Gasteiger partial charge in [0.2, 0.25) is 0 Å². The van der Waals surface area contributed by atoms with Crippen LogP contribution in [0, 0.1) is 13.8 Å². The predicted octanol–water partition coefficient (Wildman–Crippen LogP) is 7.95. The molecule has 50 heavy (non-hydrogen) atoms. The van der Waals surface area contributed by atoms with E-state index in [2.05, 4.69) is 141 Å². The summed E-state index contributed by atoms with van der Waals surface area (Å²) in [4.78, 5) is 26.8. The van der Waals surface area contributed by atoms with E-state index in [0.717, 1.165) is 78.5 Å². The van der Waals surface area contributed by atoms with Crippen LogP contribution in [0.2, 0.25) is 0 Å². The number of aromatic amines is 2.